The molecule has 0 radical (unpaired) electrons. The summed E-state index contributed by atoms with van der Waals surface area (Å²) in [5.74, 6) is -0.0371. The van der Waals surface area contributed by atoms with E-state index < -0.39 is 18.0 Å². The number of hydrogen-bond acceptors (Lipinski definition) is 9. The molecule has 0 spiro atoms. The first kappa shape index (κ1) is 29.8. The molecule has 2 heterocycles. The second kappa shape index (κ2) is 12.7. The molecule has 9 nitrogen and oxygen atoms in total. The van der Waals surface area contributed by atoms with Gasteiger partial charge in [0.2, 0.25) is 0 Å². The summed E-state index contributed by atoms with van der Waals surface area (Å²) in [6.07, 6.45) is 1.69. The fourth-order valence-electron chi connectivity index (χ4n) is 4.68. The summed E-state index contributed by atoms with van der Waals surface area (Å²) in [7, 11) is 3.02. The molecule has 1 aromatic heterocycles. The third kappa shape index (κ3) is 5.97. The number of aromatic nitrogens is 1. The maximum Gasteiger partial charge on any atom is 0.345 e. The van der Waals surface area contributed by atoms with Gasteiger partial charge in [-0.25, -0.2) is 14.6 Å². The summed E-state index contributed by atoms with van der Waals surface area (Å²) in [6, 6.07) is 17.9. The topological polar surface area (TPSA) is 105 Å². The van der Waals surface area contributed by atoms with E-state index >= 15 is 0 Å². The summed E-state index contributed by atoms with van der Waals surface area (Å²) in [5.41, 5.74) is 1.99. The molecule has 11 heteroatoms. The normalized spacial score (nSPS) is 14.5. The Morgan fingerprint density at radius 3 is 2.42 bits per heavy atom. The van der Waals surface area contributed by atoms with Crippen molar-refractivity contribution in [3.05, 3.63) is 119 Å². The molecule has 0 saturated carbocycles. The molecule has 220 valence electrons. The van der Waals surface area contributed by atoms with Gasteiger partial charge in [-0.15, -0.1) is 0 Å². The number of benzene rings is 3. The molecule has 4 aromatic rings. The van der Waals surface area contributed by atoms with Gasteiger partial charge in [0.25, 0.3) is 5.56 Å². The number of allylic oxidation sites excluding steroid dienone is 1. The Morgan fingerprint density at radius 2 is 1.74 bits per heavy atom. The number of nitrogens with zero attached hydrogens (tertiary/aromatic N) is 2. The highest BCUT2D eigenvalue weighted by molar-refractivity contribution is 7.07. The fraction of sp³-hybridized carbons (Fsp3) is 0.188. The zero-order valence-electron chi connectivity index (χ0n) is 23.8. The first-order valence-corrected chi connectivity index (χ1v) is 14.4. The first-order chi connectivity index (χ1) is 20.7. The summed E-state index contributed by atoms with van der Waals surface area (Å²) in [6.45, 7) is 3.64. The van der Waals surface area contributed by atoms with Gasteiger partial charge in [-0.2, -0.15) is 0 Å². The first-order valence-electron chi connectivity index (χ1n) is 13.2. The molecule has 43 heavy (non-hydrogen) atoms. The Bertz CT molecular complexity index is 1930. The molecule has 3 aromatic carbocycles. The van der Waals surface area contributed by atoms with E-state index in [1.54, 1.807) is 81.6 Å². The second-order valence-electron chi connectivity index (χ2n) is 9.36. The lowest BCUT2D eigenvalue weighted by molar-refractivity contribution is -0.139. The van der Waals surface area contributed by atoms with Crippen LogP contribution in [0.3, 0.4) is 0 Å². The summed E-state index contributed by atoms with van der Waals surface area (Å²) in [4.78, 5) is 44.7. The Balaban J connectivity index is 1.56. The molecule has 0 saturated heterocycles. The van der Waals surface area contributed by atoms with Gasteiger partial charge < -0.3 is 18.9 Å². The Kier molecular flexibility index (Phi) is 8.79. The smallest absolute Gasteiger partial charge is 0.345 e. The predicted molar refractivity (Wildman–Crippen MR) is 163 cm³/mol. The van der Waals surface area contributed by atoms with E-state index in [0.29, 0.717) is 37.7 Å². The molecule has 5 rings (SSSR count). The quantitative estimate of drug-likeness (QED) is 0.208. The number of fused-ring (bicyclic) bond motifs is 1. The number of rotatable bonds is 8. The van der Waals surface area contributed by atoms with Crippen molar-refractivity contribution in [2.24, 2.45) is 4.99 Å². The van der Waals surface area contributed by atoms with Crippen LogP contribution in [0.2, 0.25) is 5.02 Å². The molecular weight excluding hydrogens is 592 g/mol. The van der Waals surface area contributed by atoms with Crippen molar-refractivity contribution < 1.29 is 28.5 Å². The van der Waals surface area contributed by atoms with E-state index in [4.69, 9.17) is 30.5 Å². The summed E-state index contributed by atoms with van der Waals surface area (Å²) >= 11 is 7.33. The van der Waals surface area contributed by atoms with Gasteiger partial charge in [-0.3, -0.25) is 9.36 Å². The average molecular weight is 619 g/mol. The van der Waals surface area contributed by atoms with Crippen LogP contribution >= 0.6 is 22.9 Å². The van der Waals surface area contributed by atoms with Gasteiger partial charge >= 0.3 is 11.9 Å². The van der Waals surface area contributed by atoms with Gasteiger partial charge in [0.1, 0.15) is 5.75 Å². The van der Waals surface area contributed by atoms with E-state index in [1.807, 2.05) is 12.1 Å². The monoisotopic (exact) mass is 618 g/mol. The minimum Gasteiger partial charge on any atom is -0.497 e. The Labute approximate surface area is 255 Å². The highest BCUT2D eigenvalue weighted by atomic mass is 35.5. The van der Waals surface area contributed by atoms with Gasteiger partial charge in [-0.05, 0) is 67.4 Å². The molecule has 0 aliphatic carbocycles. The SMILES string of the molecule is CCOC(=O)C1=C(C)N=c2sc(=Cc3ccc(OC(=O)c4ccccc4Cl)c(OC)c3)c(=O)n2[C@H]1c1ccc(OC)cc1. The minimum atomic E-state index is -0.746. The van der Waals surface area contributed by atoms with E-state index in [0.717, 1.165) is 0 Å². The van der Waals surface area contributed by atoms with Crippen molar-refractivity contribution in [2.75, 3.05) is 20.8 Å². The fourth-order valence-corrected chi connectivity index (χ4v) is 5.94. The maximum absolute atomic E-state index is 13.9. The van der Waals surface area contributed by atoms with Crippen LogP contribution in [0.4, 0.5) is 0 Å². The number of esters is 2. The second-order valence-corrected chi connectivity index (χ2v) is 10.8. The van der Waals surface area contributed by atoms with Crippen LogP contribution in [-0.4, -0.2) is 37.3 Å². The van der Waals surface area contributed by atoms with Gasteiger partial charge in [0.15, 0.2) is 16.3 Å². The number of carbonyl (C=O) groups excluding carboxylic acids is 2. The van der Waals surface area contributed by atoms with Gasteiger partial charge in [0, 0.05) is 0 Å². The van der Waals surface area contributed by atoms with Crippen LogP contribution in [0.25, 0.3) is 6.08 Å². The lowest BCUT2D eigenvalue weighted by Crippen LogP contribution is -2.39. The largest absolute Gasteiger partial charge is 0.497 e. The van der Waals surface area contributed by atoms with Gasteiger partial charge in [0.05, 0.1) is 53.3 Å². The van der Waals surface area contributed by atoms with Gasteiger partial charge in [-0.1, -0.05) is 53.3 Å². The van der Waals surface area contributed by atoms with Crippen molar-refractivity contribution in [3.63, 3.8) is 0 Å². The van der Waals surface area contributed by atoms with Crippen molar-refractivity contribution in [3.8, 4) is 17.2 Å². The van der Waals surface area contributed by atoms with Crippen molar-refractivity contribution in [1.82, 2.24) is 4.57 Å². The molecule has 1 aliphatic rings. The summed E-state index contributed by atoms with van der Waals surface area (Å²) < 4.78 is 23.6. The molecule has 0 amide bonds. The van der Waals surface area contributed by atoms with Crippen molar-refractivity contribution >= 4 is 41.0 Å². The van der Waals surface area contributed by atoms with Crippen molar-refractivity contribution in [2.45, 2.75) is 19.9 Å². The van der Waals surface area contributed by atoms with Crippen molar-refractivity contribution in [1.29, 1.82) is 0 Å². The summed E-state index contributed by atoms with van der Waals surface area (Å²) in [5, 5.41) is 0.271. The van der Waals surface area contributed by atoms with E-state index in [-0.39, 0.29) is 34.1 Å². The molecule has 0 N–H and O–H groups in total. The highest BCUT2D eigenvalue weighted by Crippen LogP contribution is 2.32. The molecule has 0 unspecified atom stereocenters. The van der Waals surface area contributed by atoms with Crippen LogP contribution in [0.1, 0.15) is 41.4 Å². The molecule has 0 fully saturated rings. The number of ether oxygens (including phenoxy) is 4. The third-order valence-corrected chi connectivity index (χ3v) is 8.04. The number of halogens is 1. The molecule has 1 atom stereocenters. The lowest BCUT2D eigenvalue weighted by Gasteiger charge is -2.24. The zero-order chi connectivity index (χ0) is 30.7. The molecular formula is C32H27ClN2O7S. The minimum absolute atomic E-state index is 0.181. The number of carbonyl (C=O) groups is 2. The van der Waals surface area contributed by atoms with Crippen LogP contribution in [0.15, 0.2) is 87.8 Å². The Hall–Kier alpha value is -4.67. The van der Waals surface area contributed by atoms with Crippen LogP contribution in [-0.2, 0) is 9.53 Å². The number of thiazole rings is 1. The lowest BCUT2D eigenvalue weighted by atomic mass is 9.96. The predicted octanol–water partition coefficient (Wildman–Crippen LogP) is 4.69. The van der Waals surface area contributed by atoms with E-state index in [9.17, 15) is 14.4 Å². The third-order valence-electron chi connectivity index (χ3n) is 6.73. The van der Waals surface area contributed by atoms with Crippen LogP contribution < -0.4 is 29.1 Å². The number of hydrogen-bond donors (Lipinski definition) is 0. The standard InChI is InChI=1S/C32H27ClN2O7S/c1-5-41-31(38)27-18(2)34-32-35(28(27)20-11-13-21(39-3)14-12-20)29(36)26(43-32)17-19-10-15-24(25(16-19)40-4)42-30(37)22-8-6-7-9-23(22)33/h6-17,28H,5H2,1-4H3/t28-/m0/s1. The van der Waals surface area contributed by atoms with Crippen LogP contribution in [0.5, 0.6) is 17.2 Å². The number of methoxy groups -OCH3 is 2. The van der Waals surface area contributed by atoms with Crippen LogP contribution in [0, 0.1) is 0 Å². The average Bonchev–Trinajstić information content (AvgIpc) is 3.31. The van der Waals surface area contributed by atoms with E-state index in [1.165, 1.54) is 23.0 Å². The highest BCUT2D eigenvalue weighted by Gasteiger charge is 2.33. The van der Waals surface area contributed by atoms with E-state index in [2.05, 4.69) is 4.99 Å². The maximum atomic E-state index is 13.9. The molecule has 1 aliphatic heterocycles. The molecule has 0 bridgehead atoms. The Morgan fingerprint density at radius 1 is 1.00 bits per heavy atom. The zero-order valence-corrected chi connectivity index (χ0v) is 25.3.